The van der Waals surface area contributed by atoms with E-state index in [1.807, 2.05) is 0 Å². The molecule has 1 atom stereocenters. The highest BCUT2D eigenvalue weighted by Crippen LogP contribution is 2.41. The first-order valence-corrected chi connectivity index (χ1v) is 11.3. The van der Waals surface area contributed by atoms with Gasteiger partial charge >= 0.3 is 0 Å². The maximum absolute atomic E-state index is 13.2. The zero-order valence-electron chi connectivity index (χ0n) is 18.6. The molecule has 1 amide bonds. The first-order chi connectivity index (χ1) is 16.5. The van der Waals surface area contributed by atoms with Gasteiger partial charge in [0.15, 0.2) is 11.5 Å². The maximum atomic E-state index is 13.2. The van der Waals surface area contributed by atoms with Gasteiger partial charge in [0, 0.05) is 31.7 Å². The van der Waals surface area contributed by atoms with Crippen LogP contribution in [0.4, 0.5) is 0 Å². The Morgan fingerprint density at radius 1 is 0.912 bits per heavy atom. The first-order valence-electron chi connectivity index (χ1n) is 11.3. The molecule has 0 radical (unpaired) electrons. The number of carbonyl (C=O) groups is 2. The zero-order valence-corrected chi connectivity index (χ0v) is 18.6. The maximum Gasteiger partial charge on any atom is 0.295 e. The van der Waals surface area contributed by atoms with E-state index >= 15 is 0 Å². The summed E-state index contributed by atoms with van der Waals surface area (Å²) in [5.74, 6) is -0.581. The van der Waals surface area contributed by atoms with Crippen molar-refractivity contribution in [2.24, 2.45) is 0 Å². The van der Waals surface area contributed by atoms with Crippen LogP contribution in [-0.4, -0.2) is 84.3 Å². The second-order valence-electron chi connectivity index (χ2n) is 8.40. The van der Waals surface area contributed by atoms with Crippen LogP contribution in [0, 0.1) is 0 Å². The van der Waals surface area contributed by atoms with Crippen molar-refractivity contribution in [1.29, 1.82) is 0 Å². The number of morpholine rings is 1. The van der Waals surface area contributed by atoms with Gasteiger partial charge in [-0.3, -0.25) is 14.5 Å². The van der Waals surface area contributed by atoms with Gasteiger partial charge in [-0.1, -0.05) is 12.1 Å². The number of aromatic hydroxyl groups is 1. The van der Waals surface area contributed by atoms with E-state index < -0.39 is 17.7 Å². The summed E-state index contributed by atoms with van der Waals surface area (Å²) in [5.41, 5.74) is 0.992. The molecule has 34 heavy (non-hydrogen) atoms. The summed E-state index contributed by atoms with van der Waals surface area (Å²) >= 11 is 0. The van der Waals surface area contributed by atoms with Crippen LogP contribution < -0.4 is 9.47 Å². The summed E-state index contributed by atoms with van der Waals surface area (Å²) in [6.07, 6.45) is 0. The predicted octanol–water partition coefficient (Wildman–Crippen LogP) is 1.92. The van der Waals surface area contributed by atoms with Crippen LogP contribution in [0.2, 0.25) is 0 Å². The number of fused-ring (bicyclic) bond motifs is 1. The second kappa shape index (κ2) is 9.36. The smallest absolute Gasteiger partial charge is 0.295 e. The van der Waals surface area contributed by atoms with Crippen molar-refractivity contribution in [3.8, 4) is 17.2 Å². The van der Waals surface area contributed by atoms with E-state index in [1.54, 1.807) is 30.3 Å². The number of amides is 1. The molecule has 0 aromatic heterocycles. The van der Waals surface area contributed by atoms with Crippen LogP contribution in [0.25, 0.3) is 5.76 Å². The van der Waals surface area contributed by atoms with Crippen LogP contribution in [0.1, 0.15) is 17.2 Å². The standard InChI is InChI=1S/C25H26N2O7/c28-18-4-1-16(2-5-18)22-21(23(29)17-3-6-19-20(15-17)34-14-13-33-19)24(30)25(31)27(22)8-7-26-9-11-32-12-10-26/h1-6,15,22,28-29H,7-14H2/b23-21+. The average molecular weight is 466 g/mol. The Hall–Kier alpha value is -3.56. The lowest BCUT2D eigenvalue weighted by molar-refractivity contribution is -0.140. The third-order valence-electron chi connectivity index (χ3n) is 6.33. The molecule has 9 nitrogen and oxygen atoms in total. The number of hydrogen-bond donors (Lipinski definition) is 2. The van der Waals surface area contributed by atoms with Crippen LogP contribution in [-0.2, 0) is 14.3 Å². The summed E-state index contributed by atoms with van der Waals surface area (Å²) in [6.45, 7) is 4.48. The normalized spacial score (nSPS) is 22.2. The highest BCUT2D eigenvalue weighted by Gasteiger charge is 2.46. The Morgan fingerprint density at radius 2 is 1.62 bits per heavy atom. The average Bonchev–Trinajstić information content (AvgIpc) is 3.12. The fraction of sp³-hybridized carbons (Fsp3) is 0.360. The Bertz CT molecular complexity index is 1120. The van der Waals surface area contributed by atoms with Gasteiger partial charge in [-0.2, -0.15) is 0 Å². The molecule has 5 rings (SSSR count). The van der Waals surface area contributed by atoms with E-state index in [0.717, 1.165) is 13.1 Å². The fourth-order valence-electron chi connectivity index (χ4n) is 4.53. The minimum absolute atomic E-state index is 0.00865. The number of carbonyl (C=O) groups excluding carboxylic acids is 2. The van der Waals surface area contributed by atoms with Crippen molar-refractivity contribution in [2.75, 3.05) is 52.6 Å². The number of aliphatic hydroxyl groups excluding tert-OH is 1. The number of rotatable bonds is 5. The van der Waals surface area contributed by atoms with Gasteiger partial charge in [-0.15, -0.1) is 0 Å². The molecule has 0 spiro atoms. The van der Waals surface area contributed by atoms with Crippen LogP contribution in [0.3, 0.4) is 0 Å². The summed E-state index contributed by atoms with van der Waals surface area (Å²) in [6, 6.07) is 10.5. The third-order valence-corrected chi connectivity index (χ3v) is 6.33. The molecular weight excluding hydrogens is 440 g/mol. The van der Waals surface area contributed by atoms with Gasteiger partial charge in [-0.25, -0.2) is 0 Å². The van der Waals surface area contributed by atoms with Crippen molar-refractivity contribution in [3.63, 3.8) is 0 Å². The van der Waals surface area contributed by atoms with Crippen LogP contribution >= 0.6 is 0 Å². The lowest BCUT2D eigenvalue weighted by Crippen LogP contribution is -2.42. The third kappa shape index (κ3) is 4.20. The minimum Gasteiger partial charge on any atom is -0.508 e. The molecule has 2 aromatic rings. The Morgan fingerprint density at radius 3 is 2.35 bits per heavy atom. The van der Waals surface area contributed by atoms with Gasteiger partial charge in [0.1, 0.15) is 24.7 Å². The van der Waals surface area contributed by atoms with Gasteiger partial charge in [-0.05, 0) is 35.9 Å². The van der Waals surface area contributed by atoms with Gasteiger partial charge in [0.25, 0.3) is 11.7 Å². The molecule has 0 aliphatic carbocycles. The monoisotopic (exact) mass is 466 g/mol. The minimum atomic E-state index is -0.783. The Balaban J connectivity index is 1.53. The number of Topliss-reactive ketones (excluding diaryl/α,β-unsaturated/α-hetero) is 1. The van der Waals surface area contributed by atoms with Gasteiger partial charge in [0.05, 0.1) is 24.8 Å². The van der Waals surface area contributed by atoms with E-state index in [2.05, 4.69) is 4.90 Å². The number of ketones is 1. The molecular formula is C25H26N2O7. The molecule has 0 saturated carbocycles. The molecule has 1 unspecified atom stereocenters. The number of aliphatic hydroxyl groups is 1. The summed E-state index contributed by atoms with van der Waals surface area (Å²) in [5, 5.41) is 21.0. The van der Waals surface area contributed by atoms with E-state index in [0.29, 0.717) is 62.1 Å². The summed E-state index contributed by atoms with van der Waals surface area (Å²) in [4.78, 5) is 29.9. The van der Waals surface area contributed by atoms with E-state index in [1.165, 1.54) is 17.0 Å². The predicted molar refractivity (Wildman–Crippen MR) is 122 cm³/mol. The van der Waals surface area contributed by atoms with Gasteiger partial charge in [0.2, 0.25) is 0 Å². The molecule has 2 N–H and O–H groups in total. The van der Waals surface area contributed by atoms with E-state index in [-0.39, 0.29) is 17.1 Å². The highest BCUT2D eigenvalue weighted by atomic mass is 16.6. The number of likely N-dealkylation sites (tertiary alicyclic amines) is 1. The van der Waals surface area contributed by atoms with E-state index in [9.17, 15) is 19.8 Å². The molecule has 2 fully saturated rings. The SMILES string of the molecule is O=C1C(=O)N(CCN2CCOCC2)C(c2ccc(O)cc2)/C1=C(\O)c1ccc2c(c1)OCCO2. The summed E-state index contributed by atoms with van der Waals surface area (Å²) in [7, 11) is 0. The number of nitrogens with zero attached hydrogens (tertiary/aromatic N) is 2. The lowest BCUT2D eigenvalue weighted by atomic mass is 9.95. The van der Waals surface area contributed by atoms with Crippen molar-refractivity contribution < 1.29 is 34.0 Å². The topological polar surface area (TPSA) is 109 Å². The highest BCUT2D eigenvalue weighted by molar-refractivity contribution is 6.46. The van der Waals surface area contributed by atoms with Gasteiger partial charge < -0.3 is 29.3 Å². The molecule has 2 saturated heterocycles. The summed E-state index contributed by atoms with van der Waals surface area (Å²) < 4.78 is 16.5. The number of ether oxygens (including phenoxy) is 3. The number of phenolic OH excluding ortho intramolecular Hbond substituents is 1. The van der Waals surface area contributed by atoms with E-state index in [4.69, 9.17) is 14.2 Å². The fourth-order valence-corrected chi connectivity index (χ4v) is 4.53. The number of hydrogen-bond acceptors (Lipinski definition) is 8. The van der Waals surface area contributed by atoms with Crippen molar-refractivity contribution in [1.82, 2.24) is 9.80 Å². The Labute approximate surface area is 196 Å². The molecule has 3 aliphatic heterocycles. The molecule has 3 aliphatic rings. The van der Waals surface area contributed by atoms with Crippen molar-refractivity contribution >= 4 is 17.4 Å². The second-order valence-corrected chi connectivity index (χ2v) is 8.40. The first kappa shape index (κ1) is 22.2. The van der Waals surface area contributed by atoms with Crippen LogP contribution in [0.5, 0.6) is 17.2 Å². The lowest BCUT2D eigenvalue weighted by Gasteiger charge is -2.31. The number of phenols is 1. The molecule has 9 heteroatoms. The molecule has 178 valence electrons. The van der Waals surface area contributed by atoms with Crippen molar-refractivity contribution in [2.45, 2.75) is 6.04 Å². The van der Waals surface area contributed by atoms with Crippen molar-refractivity contribution in [3.05, 3.63) is 59.2 Å². The molecule has 3 heterocycles. The number of benzene rings is 2. The quantitative estimate of drug-likeness (QED) is 0.391. The van der Waals surface area contributed by atoms with Crippen LogP contribution in [0.15, 0.2) is 48.0 Å². The Kier molecular flexibility index (Phi) is 6.12. The zero-order chi connectivity index (χ0) is 23.7. The molecule has 2 aromatic carbocycles. The largest absolute Gasteiger partial charge is 0.508 e. The molecule has 0 bridgehead atoms.